The van der Waals surface area contributed by atoms with Gasteiger partial charge in [0.05, 0.1) is 0 Å². The van der Waals surface area contributed by atoms with Gasteiger partial charge < -0.3 is 0 Å². The molecule has 76 valence electrons. The Morgan fingerprint density at radius 2 is 0.636 bits per heavy atom. The fourth-order valence-electron chi connectivity index (χ4n) is 0. The van der Waals surface area contributed by atoms with E-state index in [0.29, 0.717) is 15.8 Å². The Balaban J connectivity index is -0.0000000886. The Bertz CT molecular complexity index is 35.8. The third-order valence-corrected chi connectivity index (χ3v) is 0. The van der Waals surface area contributed by atoms with Crippen LogP contribution in [0.3, 0.4) is 0 Å². The summed E-state index contributed by atoms with van der Waals surface area (Å²) in [6.07, 6.45) is 0. The van der Waals surface area contributed by atoms with Crippen LogP contribution in [0.15, 0.2) is 0 Å². The molecule has 0 saturated heterocycles. The van der Waals surface area contributed by atoms with E-state index in [9.17, 15) is 0 Å². The second-order valence-electron chi connectivity index (χ2n) is 3.00. The molecule has 0 rings (SSSR count). The minimum absolute atomic E-state index is 0.380. The van der Waals surface area contributed by atoms with E-state index in [2.05, 4.69) is 50.8 Å². The average Bonchev–Trinajstić information content (AvgIpc) is 1.60. The molecule has 0 aromatic rings. The van der Waals surface area contributed by atoms with Gasteiger partial charge in [0.25, 0.3) is 0 Å². The van der Waals surface area contributed by atoms with Crippen molar-refractivity contribution in [2.75, 3.05) is 40.0 Å². The molecule has 0 aromatic carbocycles. The molecule has 0 aliphatic heterocycles. The van der Waals surface area contributed by atoms with Crippen molar-refractivity contribution in [1.82, 2.24) is 0 Å². The molecule has 0 N–H and O–H groups in total. The van der Waals surface area contributed by atoms with Crippen LogP contribution in [0.1, 0.15) is 0 Å². The zero-order valence-electron chi connectivity index (χ0n) is 9.21. The van der Waals surface area contributed by atoms with E-state index < -0.39 is 0 Å². The standard InChI is InChI=1S/2C3H9P.2CH3.Pd/c2*1-4(2)3;;;/h2*1-3H3;2*1H3;. The molecule has 0 radical (unpaired) electrons. The van der Waals surface area contributed by atoms with Crippen molar-refractivity contribution in [3.63, 3.8) is 0 Å². The van der Waals surface area contributed by atoms with Gasteiger partial charge in [0.2, 0.25) is 0 Å². The number of hydrogen-bond acceptors (Lipinski definition) is 0. The van der Waals surface area contributed by atoms with Gasteiger partial charge in [-0.25, -0.2) is 0 Å². The fourth-order valence-corrected chi connectivity index (χ4v) is 0. The van der Waals surface area contributed by atoms with Gasteiger partial charge in [-0.3, -0.25) is 0 Å². The van der Waals surface area contributed by atoms with Crippen molar-refractivity contribution >= 4 is 15.8 Å². The third kappa shape index (κ3) is 451. The van der Waals surface area contributed by atoms with Gasteiger partial charge in [-0.05, 0) is 40.0 Å². The summed E-state index contributed by atoms with van der Waals surface area (Å²) in [6.45, 7) is 13.4. The summed E-state index contributed by atoms with van der Waals surface area (Å²) in [4.78, 5) is 0. The summed E-state index contributed by atoms with van der Waals surface area (Å²) in [7, 11) is 0.759. The first-order valence-electron chi connectivity index (χ1n) is 3.32. The van der Waals surface area contributed by atoms with Gasteiger partial charge >= 0.3 is 28.8 Å². The quantitative estimate of drug-likeness (QED) is 0.469. The molecule has 0 spiro atoms. The van der Waals surface area contributed by atoms with E-state index in [-0.39, 0.29) is 0 Å². The normalized spacial score (nSPS) is 8.55. The predicted octanol–water partition coefficient (Wildman–Crippen LogP) is 3.88. The van der Waals surface area contributed by atoms with Crippen molar-refractivity contribution in [2.45, 2.75) is 10.8 Å². The molecule has 0 saturated carbocycles. The van der Waals surface area contributed by atoms with Gasteiger partial charge in [0, 0.05) is 0 Å². The van der Waals surface area contributed by atoms with E-state index in [1.165, 1.54) is 0 Å². The van der Waals surface area contributed by atoms with Gasteiger partial charge in [-0.1, -0.05) is 0 Å². The molecule has 0 heterocycles. The Kier molecular flexibility index (Phi) is 29.3. The molecular formula is C8H24P2Pd. The molecule has 0 nitrogen and oxygen atoms in total. The van der Waals surface area contributed by atoms with Crippen LogP contribution in [-0.2, 0) is 18.0 Å². The van der Waals surface area contributed by atoms with Crippen molar-refractivity contribution in [1.29, 1.82) is 0 Å². The van der Waals surface area contributed by atoms with E-state index in [4.69, 9.17) is 0 Å². The number of hydrogen-bond donors (Lipinski definition) is 0. The van der Waals surface area contributed by atoms with Crippen LogP contribution in [0.25, 0.3) is 0 Å². The molecule has 0 bridgehead atoms. The summed E-state index contributed by atoms with van der Waals surface area (Å²) >= 11 is 0.950. The molecule has 0 fully saturated rings. The molecule has 0 unspecified atom stereocenters. The van der Waals surface area contributed by atoms with Crippen molar-refractivity contribution in [2.24, 2.45) is 0 Å². The van der Waals surface area contributed by atoms with Crippen LogP contribution in [0.5, 0.6) is 0 Å². The van der Waals surface area contributed by atoms with Crippen LogP contribution in [0.4, 0.5) is 0 Å². The van der Waals surface area contributed by atoms with Crippen LogP contribution in [0, 0.1) is 0 Å². The average molecular weight is 289 g/mol. The molecular weight excluding hydrogens is 264 g/mol. The van der Waals surface area contributed by atoms with Crippen molar-refractivity contribution in [3.8, 4) is 0 Å². The maximum atomic E-state index is 2.23. The zero-order valence-corrected chi connectivity index (χ0v) is 12.6. The molecule has 11 heavy (non-hydrogen) atoms. The van der Waals surface area contributed by atoms with Crippen molar-refractivity contribution < 1.29 is 18.0 Å². The molecule has 3 heteroatoms. The van der Waals surface area contributed by atoms with E-state index in [1.807, 2.05) is 0 Å². The Labute approximate surface area is 84.6 Å². The number of rotatable bonds is 0. The first-order chi connectivity index (χ1) is 4.88. The van der Waals surface area contributed by atoms with Gasteiger partial charge in [-0.2, -0.15) is 0 Å². The first-order valence-corrected chi connectivity index (χ1v) is 11.8. The van der Waals surface area contributed by atoms with Gasteiger partial charge in [-0.15, -0.1) is 15.8 Å². The summed E-state index contributed by atoms with van der Waals surface area (Å²) in [5, 5.41) is 4.35. The molecule has 0 amide bonds. The van der Waals surface area contributed by atoms with Crippen molar-refractivity contribution in [3.05, 3.63) is 0 Å². The Morgan fingerprint density at radius 3 is 0.636 bits per heavy atom. The summed E-state index contributed by atoms with van der Waals surface area (Å²) in [6, 6.07) is 0. The minimum atomic E-state index is 0.380. The summed E-state index contributed by atoms with van der Waals surface area (Å²) in [5.41, 5.74) is 0. The molecule has 0 atom stereocenters. The topological polar surface area (TPSA) is 0 Å². The zero-order chi connectivity index (χ0) is 9.86. The van der Waals surface area contributed by atoms with E-state index in [1.54, 1.807) is 0 Å². The maximum absolute atomic E-state index is 2.23. The monoisotopic (exact) mass is 288 g/mol. The summed E-state index contributed by atoms with van der Waals surface area (Å²) < 4.78 is 0. The second-order valence-corrected chi connectivity index (χ2v) is 9.92. The van der Waals surface area contributed by atoms with Crippen LogP contribution >= 0.6 is 15.8 Å². The van der Waals surface area contributed by atoms with Gasteiger partial charge in [0.15, 0.2) is 0 Å². The fraction of sp³-hybridized carbons (Fsp3) is 1.00. The summed E-state index contributed by atoms with van der Waals surface area (Å²) in [5.74, 6) is 0. The van der Waals surface area contributed by atoms with E-state index in [0.717, 1.165) is 18.0 Å². The van der Waals surface area contributed by atoms with Crippen LogP contribution in [0.2, 0.25) is 10.8 Å². The molecule has 0 aromatic heterocycles. The molecule has 0 aliphatic carbocycles. The van der Waals surface area contributed by atoms with Gasteiger partial charge in [0.1, 0.15) is 0 Å². The van der Waals surface area contributed by atoms with Crippen LogP contribution < -0.4 is 0 Å². The Morgan fingerprint density at radius 1 is 0.636 bits per heavy atom. The van der Waals surface area contributed by atoms with E-state index >= 15 is 0 Å². The SMILES string of the molecule is CP(C)C.CP(C)C.[CH3][Pd][CH3]. The third-order valence-electron chi connectivity index (χ3n) is 0. The first kappa shape index (κ1) is 18.3. The predicted molar refractivity (Wildman–Crippen MR) is 61.1 cm³/mol. The molecule has 0 aliphatic rings. The van der Waals surface area contributed by atoms with Crippen LogP contribution in [-0.4, -0.2) is 40.0 Å². The second kappa shape index (κ2) is 17.6. The Hall–Kier alpha value is 1.52.